The molecule has 0 unspecified atom stereocenters. The molecule has 0 radical (unpaired) electrons. The molecule has 0 spiro atoms. The van der Waals surface area contributed by atoms with E-state index in [2.05, 4.69) is 10.4 Å². The third-order valence-electron chi connectivity index (χ3n) is 5.77. The van der Waals surface area contributed by atoms with Gasteiger partial charge in [0.25, 0.3) is 5.91 Å². The monoisotopic (exact) mass is 476 g/mol. The van der Waals surface area contributed by atoms with Crippen LogP contribution in [-0.2, 0) is 10.0 Å². The number of anilines is 1. The zero-order chi connectivity index (χ0) is 23.7. The van der Waals surface area contributed by atoms with Gasteiger partial charge in [0.1, 0.15) is 11.5 Å². The lowest BCUT2D eigenvalue weighted by Gasteiger charge is -2.15. The molecule has 9 heteroatoms. The lowest BCUT2D eigenvalue weighted by Crippen LogP contribution is -2.27. The molecule has 0 atom stereocenters. The summed E-state index contributed by atoms with van der Waals surface area (Å²) in [5, 5.41) is 7.44. The second-order valence-electron chi connectivity index (χ2n) is 8.17. The lowest BCUT2D eigenvalue weighted by atomic mass is 10.2. The smallest absolute Gasteiger partial charge is 0.259 e. The van der Waals surface area contributed by atoms with E-state index < -0.39 is 10.0 Å². The minimum absolute atomic E-state index is 0.219. The average Bonchev–Trinajstić information content (AvgIpc) is 3.61. The van der Waals surface area contributed by atoms with Crippen molar-refractivity contribution in [1.29, 1.82) is 0 Å². The maximum atomic E-state index is 13.2. The van der Waals surface area contributed by atoms with Crippen molar-refractivity contribution in [2.24, 2.45) is 0 Å². The van der Waals surface area contributed by atoms with Crippen molar-refractivity contribution in [3.63, 3.8) is 0 Å². The Morgan fingerprint density at radius 2 is 1.68 bits per heavy atom. The number of aromatic nitrogens is 2. The first kappa shape index (κ1) is 22.1. The molecule has 1 amide bonds. The predicted octanol–water partition coefficient (Wildman–Crippen LogP) is 4.48. The minimum Gasteiger partial charge on any atom is -0.460 e. The van der Waals surface area contributed by atoms with Crippen LogP contribution in [0.4, 0.5) is 5.69 Å². The van der Waals surface area contributed by atoms with Gasteiger partial charge in [0.15, 0.2) is 5.76 Å². The Morgan fingerprint density at radius 1 is 0.971 bits per heavy atom. The number of carbonyl (C=O) groups excluding carboxylic acids is 1. The highest BCUT2D eigenvalue weighted by molar-refractivity contribution is 7.89. The summed E-state index contributed by atoms with van der Waals surface area (Å²) in [6, 6.07) is 19.3. The van der Waals surface area contributed by atoms with Crippen molar-refractivity contribution in [2.75, 3.05) is 18.4 Å². The molecule has 0 saturated carbocycles. The molecule has 1 fully saturated rings. The van der Waals surface area contributed by atoms with Crippen LogP contribution in [0.5, 0.6) is 0 Å². The zero-order valence-corrected chi connectivity index (χ0v) is 19.5. The van der Waals surface area contributed by atoms with Crippen molar-refractivity contribution in [3.05, 3.63) is 84.3 Å². The number of hydrogen-bond donors (Lipinski definition) is 1. The highest BCUT2D eigenvalue weighted by Gasteiger charge is 2.27. The van der Waals surface area contributed by atoms with Gasteiger partial charge in [0.2, 0.25) is 10.0 Å². The van der Waals surface area contributed by atoms with Crippen molar-refractivity contribution in [1.82, 2.24) is 14.1 Å². The second-order valence-corrected chi connectivity index (χ2v) is 10.1. The van der Waals surface area contributed by atoms with Crippen LogP contribution >= 0.6 is 0 Å². The molecule has 34 heavy (non-hydrogen) atoms. The molecule has 8 nitrogen and oxygen atoms in total. The number of nitrogens with one attached hydrogen (secondary N) is 1. The van der Waals surface area contributed by atoms with E-state index in [0.717, 1.165) is 18.5 Å². The van der Waals surface area contributed by atoms with E-state index in [-0.39, 0.29) is 10.8 Å². The van der Waals surface area contributed by atoms with E-state index in [1.165, 1.54) is 16.4 Å². The summed E-state index contributed by atoms with van der Waals surface area (Å²) >= 11 is 0. The number of benzene rings is 2. The fourth-order valence-electron chi connectivity index (χ4n) is 3.98. The van der Waals surface area contributed by atoms with E-state index in [9.17, 15) is 13.2 Å². The van der Waals surface area contributed by atoms with Crippen LogP contribution in [0.25, 0.3) is 17.1 Å². The summed E-state index contributed by atoms with van der Waals surface area (Å²) in [6.07, 6.45) is 3.41. The van der Waals surface area contributed by atoms with Crippen LogP contribution in [0.2, 0.25) is 0 Å². The van der Waals surface area contributed by atoms with E-state index in [0.29, 0.717) is 41.6 Å². The number of para-hydroxylation sites is 1. The Kier molecular flexibility index (Phi) is 5.80. The highest BCUT2D eigenvalue weighted by Crippen LogP contribution is 2.27. The number of carbonyl (C=O) groups is 1. The molecule has 1 N–H and O–H groups in total. The Bertz CT molecular complexity index is 1420. The van der Waals surface area contributed by atoms with Crippen LogP contribution < -0.4 is 5.32 Å². The molecular formula is C25H24N4O4S. The Balaban J connectivity index is 1.42. The SMILES string of the molecule is Cc1ccc(-c2nn(-c3ccccc3)cc2C(=O)Nc2ccc(S(=O)(=O)N3CCCC3)cc2)o1. The predicted molar refractivity (Wildman–Crippen MR) is 128 cm³/mol. The first-order valence-electron chi connectivity index (χ1n) is 11.1. The standard InChI is InChI=1S/C25H24N4O4S/c1-18-9-14-23(33-18)24-22(17-29(27-24)20-7-3-2-4-8-20)25(30)26-19-10-12-21(13-11-19)34(31,32)28-15-5-6-16-28/h2-4,7-14,17H,5-6,15-16H2,1H3,(H,26,30). The number of rotatable bonds is 6. The van der Waals surface area contributed by atoms with Crippen LogP contribution in [0.3, 0.4) is 0 Å². The van der Waals surface area contributed by atoms with E-state index >= 15 is 0 Å². The molecule has 174 valence electrons. The van der Waals surface area contributed by atoms with E-state index in [1.54, 1.807) is 29.1 Å². The maximum Gasteiger partial charge on any atom is 0.259 e. The third-order valence-corrected chi connectivity index (χ3v) is 7.68. The van der Waals surface area contributed by atoms with Crippen LogP contribution in [0.15, 0.2) is 82.2 Å². The fraction of sp³-hybridized carbons (Fsp3) is 0.200. The molecule has 1 saturated heterocycles. The normalized spacial score (nSPS) is 14.4. The van der Waals surface area contributed by atoms with Gasteiger partial charge in [-0.05, 0) is 68.3 Å². The van der Waals surface area contributed by atoms with Gasteiger partial charge in [-0.3, -0.25) is 4.79 Å². The summed E-state index contributed by atoms with van der Waals surface area (Å²) in [6.45, 7) is 2.91. The van der Waals surface area contributed by atoms with Crippen molar-refractivity contribution in [3.8, 4) is 17.1 Å². The molecule has 1 aliphatic rings. The summed E-state index contributed by atoms with van der Waals surface area (Å²) in [5.41, 5.74) is 2.05. The fourth-order valence-corrected chi connectivity index (χ4v) is 5.50. The van der Waals surface area contributed by atoms with Crippen molar-refractivity contribution >= 4 is 21.6 Å². The Hall–Kier alpha value is -3.69. The largest absolute Gasteiger partial charge is 0.460 e. The molecule has 2 aromatic heterocycles. The van der Waals surface area contributed by atoms with Gasteiger partial charge in [-0.2, -0.15) is 9.40 Å². The van der Waals surface area contributed by atoms with Gasteiger partial charge in [-0.25, -0.2) is 13.1 Å². The number of nitrogens with zero attached hydrogens (tertiary/aromatic N) is 3. The number of sulfonamides is 1. The van der Waals surface area contributed by atoms with Crippen molar-refractivity contribution in [2.45, 2.75) is 24.7 Å². The molecule has 0 aliphatic carbocycles. The van der Waals surface area contributed by atoms with Gasteiger partial charge < -0.3 is 9.73 Å². The molecule has 2 aromatic carbocycles. The van der Waals surface area contributed by atoms with Gasteiger partial charge >= 0.3 is 0 Å². The number of furan rings is 1. The molecular weight excluding hydrogens is 452 g/mol. The van der Waals surface area contributed by atoms with Crippen LogP contribution in [0.1, 0.15) is 29.0 Å². The lowest BCUT2D eigenvalue weighted by molar-refractivity contribution is 0.102. The first-order valence-corrected chi connectivity index (χ1v) is 12.5. The third kappa shape index (κ3) is 4.27. The molecule has 5 rings (SSSR count). The Labute approximate surface area is 197 Å². The zero-order valence-electron chi connectivity index (χ0n) is 18.6. The quantitative estimate of drug-likeness (QED) is 0.443. The average molecular weight is 477 g/mol. The van der Waals surface area contributed by atoms with Gasteiger partial charge in [0.05, 0.1) is 16.1 Å². The van der Waals surface area contributed by atoms with E-state index in [4.69, 9.17) is 4.42 Å². The molecule has 4 aromatic rings. The van der Waals surface area contributed by atoms with Crippen molar-refractivity contribution < 1.29 is 17.6 Å². The summed E-state index contributed by atoms with van der Waals surface area (Å²) < 4.78 is 34.4. The second kappa shape index (κ2) is 8.92. The van der Waals surface area contributed by atoms with E-state index in [1.807, 2.05) is 43.3 Å². The molecule has 0 bridgehead atoms. The van der Waals surface area contributed by atoms with Gasteiger partial charge in [-0.1, -0.05) is 18.2 Å². The summed E-state index contributed by atoms with van der Waals surface area (Å²) in [4.78, 5) is 13.4. The Morgan fingerprint density at radius 3 is 2.32 bits per heavy atom. The highest BCUT2D eigenvalue weighted by atomic mass is 32.2. The first-order chi connectivity index (χ1) is 16.4. The van der Waals surface area contributed by atoms with Gasteiger partial charge in [0, 0.05) is 25.0 Å². The number of aryl methyl sites for hydroxylation is 1. The van der Waals surface area contributed by atoms with Crippen LogP contribution in [0, 0.1) is 6.92 Å². The molecule has 3 heterocycles. The topological polar surface area (TPSA) is 97.4 Å². The van der Waals surface area contributed by atoms with Crippen LogP contribution in [-0.4, -0.2) is 41.5 Å². The van der Waals surface area contributed by atoms with Gasteiger partial charge in [-0.15, -0.1) is 0 Å². The number of amides is 1. The summed E-state index contributed by atoms with van der Waals surface area (Å²) in [7, 11) is -3.51. The molecule has 1 aliphatic heterocycles. The minimum atomic E-state index is -3.51. The summed E-state index contributed by atoms with van der Waals surface area (Å²) in [5.74, 6) is 0.830. The number of hydrogen-bond acceptors (Lipinski definition) is 5. The maximum absolute atomic E-state index is 13.2.